The summed E-state index contributed by atoms with van der Waals surface area (Å²) in [5, 5.41) is 5.40. The lowest BCUT2D eigenvalue weighted by Gasteiger charge is -2.25. The van der Waals surface area contributed by atoms with Gasteiger partial charge in [0, 0.05) is 28.8 Å². The third-order valence-electron chi connectivity index (χ3n) is 5.31. The maximum absolute atomic E-state index is 13.3. The van der Waals surface area contributed by atoms with Crippen molar-refractivity contribution in [1.82, 2.24) is 15.6 Å². The maximum atomic E-state index is 13.3. The van der Waals surface area contributed by atoms with Gasteiger partial charge in [-0.3, -0.25) is 9.78 Å². The molecule has 0 fully saturated rings. The first kappa shape index (κ1) is 28.7. The molecule has 2 unspecified atom stereocenters. The van der Waals surface area contributed by atoms with Crippen LogP contribution in [0.5, 0.6) is 0 Å². The molecule has 2 atom stereocenters. The standard InChI is InChI=1S/C29H33N3O5S/c1-29(2,3)37-28(35)32-24(17-20-11-7-5-8-12-20)26(33)31-25(27(34)36-4)19-38-22-15-16-30-23(18-22)21-13-9-6-10-14-21/h5-16,18,24-25H,17,19H2,1-4H3,(H,31,33)(H,32,35). The van der Waals surface area contributed by atoms with E-state index in [1.165, 1.54) is 18.9 Å². The van der Waals surface area contributed by atoms with E-state index in [2.05, 4.69) is 15.6 Å². The van der Waals surface area contributed by atoms with E-state index in [-0.39, 0.29) is 12.2 Å². The van der Waals surface area contributed by atoms with Crippen LogP contribution in [0.25, 0.3) is 11.3 Å². The van der Waals surface area contributed by atoms with Crippen LogP contribution in [0.1, 0.15) is 26.3 Å². The zero-order valence-corrected chi connectivity index (χ0v) is 22.8. The van der Waals surface area contributed by atoms with E-state index in [1.54, 1.807) is 27.0 Å². The minimum Gasteiger partial charge on any atom is -0.467 e. The van der Waals surface area contributed by atoms with Crippen LogP contribution in [-0.4, -0.2) is 53.5 Å². The molecule has 1 aromatic heterocycles. The lowest BCUT2D eigenvalue weighted by molar-refractivity contribution is -0.144. The molecule has 9 heteroatoms. The molecule has 0 saturated carbocycles. The summed E-state index contributed by atoms with van der Waals surface area (Å²) in [5.41, 5.74) is 1.90. The highest BCUT2D eigenvalue weighted by Crippen LogP contribution is 2.24. The SMILES string of the molecule is COC(=O)C(CSc1ccnc(-c2ccccc2)c1)NC(=O)C(Cc1ccccc1)NC(=O)OC(C)(C)C. The monoisotopic (exact) mass is 535 g/mol. The van der Waals surface area contributed by atoms with Crippen molar-refractivity contribution in [2.45, 2.75) is 49.8 Å². The van der Waals surface area contributed by atoms with E-state index in [4.69, 9.17) is 9.47 Å². The predicted molar refractivity (Wildman–Crippen MR) is 148 cm³/mol. The Morgan fingerprint density at radius 1 is 0.921 bits per heavy atom. The quantitative estimate of drug-likeness (QED) is 0.288. The summed E-state index contributed by atoms with van der Waals surface area (Å²) in [6.07, 6.45) is 1.21. The largest absolute Gasteiger partial charge is 0.467 e. The Kier molecular flexibility index (Phi) is 10.3. The molecular weight excluding hydrogens is 502 g/mol. The van der Waals surface area contributed by atoms with Crippen LogP contribution in [0.3, 0.4) is 0 Å². The van der Waals surface area contributed by atoms with E-state index >= 15 is 0 Å². The van der Waals surface area contributed by atoms with Crippen molar-refractivity contribution in [2.24, 2.45) is 0 Å². The lowest BCUT2D eigenvalue weighted by Crippen LogP contribution is -2.54. The van der Waals surface area contributed by atoms with E-state index in [9.17, 15) is 14.4 Å². The first-order valence-corrected chi connectivity index (χ1v) is 13.2. The number of rotatable bonds is 10. The Hall–Kier alpha value is -3.85. The van der Waals surface area contributed by atoms with Gasteiger partial charge in [0.2, 0.25) is 5.91 Å². The minimum absolute atomic E-state index is 0.220. The Balaban J connectivity index is 1.72. The van der Waals surface area contributed by atoms with Gasteiger partial charge in [0.05, 0.1) is 12.8 Å². The van der Waals surface area contributed by atoms with Gasteiger partial charge in [-0.05, 0) is 38.5 Å². The van der Waals surface area contributed by atoms with Gasteiger partial charge in [0.25, 0.3) is 0 Å². The topological polar surface area (TPSA) is 107 Å². The van der Waals surface area contributed by atoms with Gasteiger partial charge in [-0.15, -0.1) is 11.8 Å². The highest BCUT2D eigenvalue weighted by Gasteiger charge is 2.29. The molecule has 200 valence electrons. The number of methoxy groups -OCH3 is 1. The number of nitrogens with one attached hydrogen (secondary N) is 2. The second-order valence-corrected chi connectivity index (χ2v) is 10.6. The van der Waals surface area contributed by atoms with Gasteiger partial charge in [0.1, 0.15) is 17.7 Å². The van der Waals surface area contributed by atoms with Gasteiger partial charge >= 0.3 is 12.1 Å². The molecule has 0 aliphatic heterocycles. The lowest BCUT2D eigenvalue weighted by atomic mass is 10.1. The molecule has 1 heterocycles. The van der Waals surface area contributed by atoms with Gasteiger partial charge in [-0.1, -0.05) is 60.7 Å². The molecular formula is C29H33N3O5S. The van der Waals surface area contributed by atoms with E-state index in [0.29, 0.717) is 0 Å². The van der Waals surface area contributed by atoms with Crippen LogP contribution in [0, 0.1) is 0 Å². The first-order valence-electron chi connectivity index (χ1n) is 12.2. The number of benzene rings is 2. The summed E-state index contributed by atoms with van der Waals surface area (Å²) in [6, 6.07) is 20.9. The second-order valence-electron chi connectivity index (χ2n) is 9.53. The molecule has 0 bridgehead atoms. The van der Waals surface area contributed by atoms with Crippen LogP contribution < -0.4 is 10.6 Å². The number of carbonyl (C=O) groups excluding carboxylic acids is 3. The number of ether oxygens (including phenoxy) is 2. The number of hydrogen-bond donors (Lipinski definition) is 2. The molecule has 0 radical (unpaired) electrons. The van der Waals surface area contributed by atoms with Crippen LogP contribution in [0.4, 0.5) is 4.79 Å². The summed E-state index contributed by atoms with van der Waals surface area (Å²) < 4.78 is 10.3. The number of carbonyl (C=O) groups is 3. The van der Waals surface area contributed by atoms with Crippen LogP contribution in [-0.2, 0) is 25.5 Å². The average molecular weight is 536 g/mol. The number of hydrogen-bond acceptors (Lipinski definition) is 7. The fourth-order valence-electron chi connectivity index (χ4n) is 3.54. The zero-order chi connectivity index (χ0) is 27.5. The van der Waals surface area contributed by atoms with Crippen molar-refractivity contribution in [3.63, 3.8) is 0 Å². The summed E-state index contributed by atoms with van der Waals surface area (Å²) in [4.78, 5) is 43.7. The molecule has 3 aromatic rings. The number of amides is 2. The Labute approximate surface area is 227 Å². The molecule has 38 heavy (non-hydrogen) atoms. The number of alkyl carbamates (subject to hydrolysis) is 1. The summed E-state index contributed by atoms with van der Waals surface area (Å²) in [6.45, 7) is 5.23. The van der Waals surface area contributed by atoms with Crippen molar-refractivity contribution >= 4 is 29.7 Å². The summed E-state index contributed by atoms with van der Waals surface area (Å²) >= 11 is 1.39. The van der Waals surface area contributed by atoms with Crippen molar-refractivity contribution < 1.29 is 23.9 Å². The minimum atomic E-state index is -0.963. The predicted octanol–water partition coefficient (Wildman–Crippen LogP) is 4.63. The molecule has 0 aliphatic rings. The normalized spacial score (nSPS) is 12.6. The van der Waals surface area contributed by atoms with Gasteiger partial charge in [-0.2, -0.15) is 0 Å². The number of aromatic nitrogens is 1. The van der Waals surface area contributed by atoms with Crippen molar-refractivity contribution in [1.29, 1.82) is 0 Å². The Morgan fingerprint density at radius 2 is 1.58 bits per heavy atom. The van der Waals surface area contributed by atoms with Crippen molar-refractivity contribution in [3.8, 4) is 11.3 Å². The van der Waals surface area contributed by atoms with Gasteiger partial charge in [-0.25, -0.2) is 9.59 Å². The fourth-order valence-corrected chi connectivity index (χ4v) is 4.47. The van der Waals surface area contributed by atoms with Crippen molar-refractivity contribution in [3.05, 3.63) is 84.6 Å². The number of esters is 1. The van der Waals surface area contributed by atoms with Crippen LogP contribution >= 0.6 is 11.8 Å². The van der Waals surface area contributed by atoms with Gasteiger partial charge in [0.15, 0.2) is 0 Å². The zero-order valence-electron chi connectivity index (χ0n) is 22.0. The fraction of sp³-hybridized carbons (Fsp3) is 0.310. The van der Waals surface area contributed by atoms with Crippen LogP contribution in [0.2, 0.25) is 0 Å². The number of pyridine rings is 1. The Morgan fingerprint density at radius 3 is 2.21 bits per heavy atom. The van der Waals surface area contributed by atoms with E-state index < -0.39 is 35.7 Å². The van der Waals surface area contributed by atoms with E-state index in [1.807, 2.05) is 72.8 Å². The molecule has 2 N–H and O–H groups in total. The smallest absolute Gasteiger partial charge is 0.408 e. The first-order chi connectivity index (χ1) is 18.1. The number of nitrogens with zero attached hydrogens (tertiary/aromatic N) is 1. The second kappa shape index (κ2) is 13.6. The molecule has 8 nitrogen and oxygen atoms in total. The number of thioether (sulfide) groups is 1. The molecule has 0 aliphatic carbocycles. The molecule has 0 spiro atoms. The maximum Gasteiger partial charge on any atom is 0.408 e. The van der Waals surface area contributed by atoms with E-state index in [0.717, 1.165) is 21.7 Å². The highest BCUT2D eigenvalue weighted by molar-refractivity contribution is 7.99. The molecule has 3 rings (SSSR count). The summed E-state index contributed by atoms with van der Waals surface area (Å²) in [7, 11) is 1.27. The molecule has 2 aromatic carbocycles. The van der Waals surface area contributed by atoms with Gasteiger partial charge < -0.3 is 20.1 Å². The molecule has 2 amide bonds. The molecule has 0 saturated heterocycles. The average Bonchev–Trinajstić information content (AvgIpc) is 2.90. The Bertz CT molecular complexity index is 1220. The third kappa shape index (κ3) is 9.23. The highest BCUT2D eigenvalue weighted by atomic mass is 32.2. The van der Waals surface area contributed by atoms with Crippen molar-refractivity contribution in [2.75, 3.05) is 12.9 Å². The third-order valence-corrected chi connectivity index (χ3v) is 6.40. The summed E-state index contributed by atoms with van der Waals surface area (Å²) in [5.74, 6) is -0.879. The van der Waals surface area contributed by atoms with Crippen LogP contribution in [0.15, 0.2) is 83.9 Å².